The number of nitrogens with zero attached hydrogens (tertiary/aromatic N) is 1. The Labute approximate surface area is 89.1 Å². The first-order valence-electron chi connectivity index (χ1n) is 6.06. The van der Waals surface area contributed by atoms with Crippen LogP contribution in [0.1, 0.15) is 40.0 Å². The summed E-state index contributed by atoms with van der Waals surface area (Å²) in [5.74, 6) is 0.791. The number of likely N-dealkylation sites (tertiary alicyclic amines) is 1. The van der Waals surface area contributed by atoms with Gasteiger partial charge in [0, 0.05) is 18.6 Å². The van der Waals surface area contributed by atoms with E-state index >= 15 is 0 Å². The van der Waals surface area contributed by atoms with Gasteiger partial charge in [0.2, 0.25) is 0 Å². The maximum atomic E-state index is 3.40. The number of rotatable bonds is 4. The molecule has 1 N–H and O–H groups in total. The normalized spacial score (nSPS) is 26.8. The second-order valence-corrected chi connectivity index (χ2v) is 5.03. The smallest absolute Gasteiger partial charge is 0.0246 e. The van der Waals surface area contributed by atoms with E-state index < -0.39 is 0 Å². The fourth-order valence-corrected chi connectivity index (χ4v) is 2.47. The minimum atomic E-state index is 0.633. The molecular weight excluding hydrogens is 172 g/mol. The lowest BCUT2D eigenvalue weighted by atomic mass is 9.95. The molecule has 0 bridgehead atoms. The van der Waals surface area contributed by atoms with Crippen molar-refractivity contribution in [1.82, 2.24) is 10.2 Å². The van der Waals surface area contributed by atoms with E-state index in [2.05, 4.69) is 38.0 Å². The molecule has 1 aliphatic rings. The van der Waals surface area contributed by atoms with E-state index in [0.717, 1.165) is 12.0 Å². The van der Waals surface area contributed by atoms with Crippen LogP contribution in [0.3, 0.4) is 0 Å². The molecule has 84 valence electrons. The van der Waals surface area contributed by atoms with E-state index in [0.29, 0.717) is 6.04 Å². The van der Waals surface area contributed by atoms with Crippen LogP contribution in [0, 0.1) is 5.92 Å². The molecule has 2 nitrogen and oxygen atoms in total. The Morgan fingerprint density at radius 1 is 1.29 bits per heavy atom. The number of likely N-dealkylation sites (N-methyl/N-ethyl adjacent to an activating group) is 1. The van der Waals surface area contributed by atoms with Crippen molar-refractivity contribution in [2.75, 3.05) is 20.1 Å². The maximum absolute atomic E-state index is 3.40. The molecule has 14 heavy (non-hydrogen) atoms. The molecule has 2 heteroatoms. The monoisotopic (exact) mass is 198 g/mol. The Morgan fingerprint density at radius 2 is 2.00 bits per heavy atom. The lowest BCUT2D eigenvalue weighted by molar-refractivity contribution is 0.108. The van der Waals surface area contributed by atoms with E-state index in [1.807, 2.05) is 0 Å². The highest BCUT2D eigenvalue weighted by Crippen LogP contribution is 2.20. The first-order valence-corrected chi connectivity index (χ1v) is 6.06. The van der Waals surface area contributed by atoms with E-state index in [9.17, 15) is 0 Å². The predicted molar refractivity (Wildman–Crippen MR) is 62.6 cm³/mol. The molecule has 0 aliphatic carbocycles. The van der Waals surface area contributed by atoms with Crippen molar-refractivity contribution in [3.8, 4) is 0 Å². The van der Waals surface area contributed by atoms with Gasteiger partial charge < -0.3 is 5.32 Å². The molecule has 1 rings (SSSR count). The van der Waals surface area contributed by atoms with Crippen molar-refractivity contribution < 1.29 is 0 Å². The van der Waals surface area contributed by atoms with E-state index in [1.54, 1.807) is 0 Å². The van der Waals surface area contributed by atoms with Gasteiger partial charge in [-0.3, -0.25) is 4.90 Å². The van der Waals surface area contributed by atoms with Crippen molar-refractivity contribution in [3.63, 3.8) is 0 Å². The van der Waals surface area contributed by atoms with E-state index in [4.69, 9.17) is 0 Å². The second-order valence-electron chi connectivity index (χ2n) is 5.03. The minimum absolute atomic E-state index is 0.633. The van der Waals surface area contributed by atoms with E-state index in [-0.39, 0.29) is 0 Å². The Morgan fingerprint density at radius 3 is 2.57 bits per heavy atom. The van der Waals surface area contributed by atoms with Gasteiger partial charge in [-0.1, -0.05) is 20.3 Å². The maximum Gasteiger partial charge on any atom is 0.0246 e. The summed E-state index contributed by atoms with van der Waals surface area (Å²) in [6.45, 7) is 9.50. The molecule has 2 atom stereocenters. The van der Waals surface area contributed by atoms with Crippen LogP contribution in [0.25, 0.3) is 0 Å². The fourth-order valence-electron chi connectivity index (χ4n) is 2.47. The molecule has 0 amide bonds. The number of nitrogens with one attached hydrogen (secondary N) is 1. The number of hydrogen-bond acceptors (Lipinski definition) is 2. The van der Waals surface area contributed by atoms with Gasteiger partial charge in [-0.15, -0.1) is 0 Å². The van der Waals surface area contributed by atoms with Gasteiger partial charge >= 0.3 is 0 Å². The summed E-state index contributed by atoms with van der Waals surface area (Å²) < 4.78 is 0. The van der Waals surface area contributed by atoms with Crippen molar-refractivity contribution in [2.24, 2.45) is 5.92 Å². The summed E-state index contributed by atoms with van der Waals surface area (Å²) in [4.78, 5) is 2.68. The van der Waals surface area contributed by atoms with Crippen molar-refractivity contribution >= 4 is 0 Å². The van der Waals surface area contributed by atoms with Crippen LogP contribution < -0.4 is 5.32 Å². The second kappa shape index (κ2) is 5.72. The highest BCUT2D eigenvalue weighted by atomic mass is 15.2. The van der Waals surface area contributed by atoms with Crippen LogP contribution in [0.2, 0.25) is 0 Å². The van der Waals surface area contributed by atoms with Gasteiger partial charge in [0.25, 0.3) is 0 Å². The first-order chi connectivity index (χ1) is 6.65. The van der Waals surface area contributed by atoms with Crippen LogP contribution in [-0.2, 0) is 0 Å². The van der Waals surface area contributed by atoms with Gasteiger partial charge in [0.15, 0.2) is 0 Å². The van der Waals surface area contributed by atoms with Gasteiger partial charge in [-0.25, -0.2) is 0 Å². The van der Waals surface area contributed by atoms with Crippen molar-refractivity contribution in [3.05, 3.63) is 0 Å². The summed E-state index contributed by atoms with van der Waals surface area (Å²) >= 11 is 0. The molecule has 1 aliphatic heterocycles. The van der Waals surface area contributed by atoms with E-state index in [1.165, 1.54) is 32.4 Å². The zero-order valence-electron chi connectivity index (χ0n) is 10.2. The summed E-state index contributed by atoms with van der Waals surface area (Å²) in [6, 6.07) is 1.39. The third kappa shape index (κ3) is 3.25. The molecule has 1 saturated heterocycles. The van der Waals surface area contributed by atoms with Crippen molar-refractivity contribution in [2.45, 2.75) is 52.1 Å². The molecule has 1 heterocycles. The SMILES string of the molecule is CNC(C)C1CCCCN1CC(C)C. The Hall–Kier alpha value is -0.0800. The molecule has 0 saturated carbocycles. The molecule has 2 unspecified atom stereocenters. The van der Waals surface area contributed by atoms with Crippen LogP contribution in [0.4, 0.5) is 0 Å². The Balaban J connectivity index is 2.49. The zero-order valence-corrected chi connectivity index (χ0v) is 10.2. The third-order valence-electron chi connectivity index (χ3n) is 3.30. The largest absolute Gasteiger partial charge is 0.316 e. The molecule has 1 fully saturated rings. The number of piperidine rings is 1. The Bertz CT molecular complexity index is 156. The van der Waals surface area contributed by atoms with Gasteiger partial charge in [-0.05, 0) is 39.3 Å². The van der Waals surface area contributed by atoms with Crippen LogP contribution in [-0.4, -0.2) is 37.1 Å². The highest BCUT2D eigenvalue weighted by Gasteiger charge is 2.26. The average molecular weight is 198 g/mol. The summed E-state index contributed by atoms with van der Waals surface area (Å²) in [6.07, 6.45) is 4.17. The average Bonchev–Trinajstić information content (AvgIpc) is 2.16. The lowest BCUT2D eigenvalue weighted by Gasteiger charge is -2.40. The van der Waals surface area contributed by atoms with Crippen LogP contribution in [0.15, 0.2) is 0 Å². The predicted octanol–water partition coefficient (Wildman–Crippen LogP) is 2.10. The zero-order chi connectivity index (χ0) is 10.6. The van der Waals surface area contributed by atoms with Gasteiger partial charge in [0.1, 0.15) is 0 Å². The van der Waals surface area contributed by atoms with Crippen LogP contribution in [0.5, 0.6) is 0 Å². The molecular formula is C12H26N2. The Kier molecular flexibility index (Phi) is 4.90. The molecule has 0 radical (unpaired) electrons. The molecule has 0 aromatic heterocycles. The first kappa shape index (κ1) is 12.0. The third-order valence-corrected chi connectivity index (χ3v) is 3.30. The number of hydrogen-bond donors (Lipinski definition) is 1. The fraction of sp³-hybridized carbons (Fsp3) is 1.00. The summed E-state index contributed by atoms with van der Waals surface area (Å²) in [5, 5.41) is 3.40. The summed E-state index contributed by atoms with van der Waals surface area (Å²) in [7, 11) is 2.08. The standard InChI is InChI=1S/C12H26N2/c1-10(2)9-14-8-6-5-7-12(14)11(3)13-4/h10-13H,5-9H2,1-4H3. The molecule has 0 aromatic rings. The van der Waals surface area contributed by atoms with Gasteiger partial charge in [0.05, 0.1) is 0 Å². The highest BCUT2D eigenvalue weighted by molar-refractivity contribution is 4.84. The topological polar surface area (TPSA) is 15.3 Å². The quantitative estimate of drug-likeness (QED) is 0.744. The minimum Gasteiger partial charge on any atom is -0.316 e. The van der Waals surface area contributed by atoms with Crippen LogP contribution >= 0.6 is 0 Å². The van der Waals surface area contributed by atoms with Crippen molar-refractivity contribution in [1.29, 1.82) is 0 Å². The molecule has 0 spiro atoms. The van der Waals surface area contributed by atoms with Gasteiger partial charge in [-0.2, -0.15) is 0 Å². The lowest BCUT2D eigenvalue weighted by Crippen LogP contribution is -2.51. The molecule has 0 aromatic carbocycles. The summed E-state index contributed by atoms with van der Waals surface area (Å²) in [5.41, 5.74) is 0.